The van der Waals surface area contributed by atoms with Crippen LogP contribution >= 0.6 is 46.4 Å². The number of aliphatic hydroxyl groups is 1. The van der Waals surface area contributed by atoms with Gasteiger partial charge in [0.1, 0.15) is 19.0 Å². The first-order valence-corrected chi connectivity index (χ1v) is 10.3. The fourth-order valence-electron chi connectivity index (χ4n) is 2.60. The molecule has 3 aromatic carbocycles. The van der Waals surface area contributed by atoms with Crippen molar-refractivity contribution in [1.29, 1.82) is 0 Å². The average molecular weight is 486 g/mol. The first-order valence-electron chi connectivity index (χ1n) is 8.80. The summed E-state index contributed by atoms with van der Waals surface area (Å²) < 4.78 is 10.8. The molecule has 0 amide bonds. The Morgan fingerprint density at radius 1 is 0.767 bits per heavy atom. The predicted octanol–water partition coefficient (Wildman–Crippen LogP) is 6.66. The summed E-state index contributed by atoms with van der Waals surface area (Å²) in [5.74, 6) is -0.291. The van der Waals surface area contributed by atoms with Gasteiger partial charge in [0.15, 0.2) is 6.10 Å². The molecule has 30 heavy (non-hydrogen) atoms. The van der Waals surface area contributed by atoms with E-state index in [0.717, 1.165) is 0 Å². The van der Waals surface area contributed by atoms with Gasteiger partial charge < -0.3 is 14.6 Å². The van der Waals surface area contributed by atoms with Crippen molar-refractivity contribution in [1.82, 2.24) is 0 Å². The zero-order valence-electron chi connectivity index (χ0n) is 15.4. The van der Waals surface area contributed by atoms with Crippen LogP contribution in [0.1, 0.15) is 22.8 Å². The van der Waals surface area contributed by atoms with E-state index < -0.39 is 12.1 Å². The SMILES string of the molecule is O=C(OCc1c(Cl)cccc1Cl)C(O)c1ccc(OCc2c(Cl)cccc2Cl)cc1. The molecule has 0 aliphatic carbocycles. The van der Waals surface area contributed by atoms with Crippen molar-refractivity contribution in [2.24, 2.45) is 0 Å². The third kappa shape index (κ3) is 5.60. The van der Waals surface area contributed by atoms with Gasteiger partial charge in [0, 0.05) is 31.2 Å². The molecule has 0 heterocycles. The first-order chi connectivity index (χ1) is 14.4. The molecular formula is C22H16Cl4O4. The smallest absolute Gasteiger partial charge is 0.339 e. The van der Waals surface area contributed by atoms with Crippen molar-refractivity contribution in [2.75, 3.05) is 0 Å². The molecule has 8 heteroatoms. The summed E-state index contributed by atoms with van der Waals surface area (Å²) >= 11 is 24.4. The molecule has 3 rings (SSSR count). The summed E-state index contributed by atoms with van der Waals surface area (Å²) in [7, 11) is 0. The highest BCUT2D eigenvalue weighted by atomic mass is 35.5. The number of rotatable bonds is 7. The van der Waals surface area contributed by atoms with Crippen LogP contribution in [0.5, 0.6) is 5.75 Å². The van der Waals surface area contributed by atoms with Crippen LogP contribution < -0.4 is 4.74 Å². The summed E-state index contributed by atoms with van der Waals surface area (Å²) in [6, 6.07) is 16.6. The number of hydrogen-bond donors (Lipinski definition) is 1. The first kappa shape index (κ1) is 22.7. The fraction of sp³-hybridized carbons (Fsp3) is 0.136. The normalized spacial score (nSPS) is 11.8. The van der Waals surface area contributed by atoms with E-state index in [4.69, 9.17) is 55.9 Å². The van der Waals surface area contributed by atoms with Crippen LogP contribution in [0.3, 0.4) is 0 Å². The Balaban J connectivity index is 1.59. The van der Waals surface area contributed by atoms with Gasteiger partial charge in [0.2, 0.25) is 0 Å². The number of esters is 1. The molecule has 1 N–H and O–H groups in total. The molecule has 1 unspecified atom stereocenters. The van der Waals surface area contributed by atoms with Crippen molar-refractivity contribution in [3.8, 4) is 5.75 Å². The monoisotopic (exact) mass is 484 g/mol. The highest BCUT2D eigenvalue weighted by molar-refractivity contribution is 6.36. The minimum absolute atomic E-state index is 0.145. The third-order valence-corrected chi connectivity index (χ3v) is 5.70. The Hall–Kier alpha value is -1.95. The summed E-state index contributed by atoms with van der Waals surface area (Å²) in [6.07, 6.45) is -1.46. The second-order valence-corrected chi connectivity index (χ2v) is 7.90. The van der Waals surface area contributed by atoms with Gasteiger partial charge in [0.05, 0.1) is 0 Å². The van der Waals surface area contributed by atoms with E-state index in [0.29, 0.717) is 42.5 Å². The molecule has 0 bridgehead atoms. The highest BCUT2D eigenvalue weighted by Gasteiger charge is 2.20. The number of carbonyl (C=O) groups excluding carboxylic acids is 1. The van der Waals surface area contributed by atoms with E-state index in [1.54, 1.807) is 60.7 Å². The van der Waals surface area contributed by atoms with Gasteiger partial charge in [0.25, 0.3) is 0 Å². The zero-order valence-corrected chi connectivity index (χ0v) is 18.5. The quantitative estimate of drug-likeness (QED) is 0.380. The van der Waals surface area contributed by atoms with Gasteiger partial charge in [-0.1, -0.05) is 70.7 Å². The number of hydrogen-bond acceptors (Lipinski definition) is 4. The summed E-state index contributed by atoms with van der Waals surface area (Å²) in [4.78, 5) is 12.2. The standard InChI is InChI=1S/C22H16Cl4O4/c23-17-3-1-4-18(24)15(17)11-29-14-9-7-13(8-10-14)21(27)22(28)30-12-16-19(25)5-2-6-20(16)26/h1-10,21,27H,11-12H2. The number of ether oxygens (including phenoxy) is 2. The van der Waals surface area contributed by atoms with Crippen molar-refractivity contribution in [3.05, 3.63) is 97.4 Å². The predicted molar refractivity (Wildman–Crippen MR) is 118 cm³/mol. The molecule has 4 nitrogen and oxygen atoms in total. The van der Waals surface area contributed by atoms with Crippen LogP contribution in [0, 0.1) is 0 Å². The van der Waals surface area contributed by atoms with E-state index in [1.807, 2.05) is 0 Å². The van der Waals surface area contributed by atoms with Gasteiger partial charge in [-0.15, -0.1) is 0 Å². The van der Waals surface area contributed by atoms with Gasteiger partial charge in [-0.05, 0) is 42.0 Å². The van der Waals surface area contributed by atoms with Gasteiger partial charge in [-0.2, -0.15) is 0 Å². The summed E-state index contributed by atoms with van der Waals surface area (Å²) in [5.41, 5.74) is 1.50. The van der Waals surface area contributed by atoms with E-state index in [9.17, 15) is 9.90 Å². The molecule has 0 saturated heterocycles. The van der Waals surface area contributed by atoms with E-state index >= 15 is 0 Å². The lowest BCUT2D eigenvalue weighted by atomic mass is 10.1. The van der Waals surface area contributed by atoms with Crippen molar-refractivity contribution in [3.63, 3.8) is 0 Å². The Morgan fingerprint density at radius 3 is 1.73 bits per heavy atom. The Bertz CT molecular complexity index is 997. The van der Waals surface area contributed by atoms with Gasteiger partial charge in [-0.25, -0.2) is 4.79 Å². The molecule has 1 atom stereocenters. The van der Waals surface area contributed by atoms with Gasteiger partial charge in [-0.3, -0.25) is 0 Å². The summed E-state index contributed by atoms with van der Waals surface area (Å²) in [6.45, 7) is 0.0369. The highest BCUT2D eigenvalue weighted by Crippen LogP contribution is 2.28. The zero-order chi connectivity index (χ0) is 21.7. The molecule has 0 aliphatic rings. The van der Waals surface area contributed by atoms with Crippen LogP contribution in [0.4, 0.5) is 0 Å². The molecule has 0 aliphatic heterocycles. The molecule has 0 spiro atoms. The van der Waals surface area contributed by atoms with Crippen molar-refractivity contribution >= 4 is 52.4 Å². The number of benzene rings is 3. The van der Waals surface area contributed by atoms with Crippen LogP contribution in [0.25, 0.3) is 0 Å². The van der Waals surface area contributed by atoms with Crippen molar-refractivity contribution < 1.29 is 19.4 Å². The number of halogens is 4. The number of carbonyl (C=O) groups is 1. The maximum Gasteiger partial charge on any atom is 0.339 e. The maximum absolute atomic E-state index is 12.2. The molecule has 0 aromatic heterocycles. The van der Waals surface area contributed by atoms with Crippen LogP contribution in [0.15, 0.2) is 60.7 Å². The van der Waals surface area contributed by atoms with E-state index in [-0.39, 0.29) is 13.2 Å². The second-order valence-electron chi connectivity index (χ2n) is 6.27. The fourth-order valence-corrected chi connectivity index (χ4v) is 3.61. The average Bonchev–Trinajstić information content (AvgIpc) is 2.73. The largest absolute Gasteiger partial charge is 0.489 e. The Morgan fingerprint density at radius 2 is 1.23 bits per heavy atom. The molecule has 156 valence electrons. The Labute approximate surface area is 193 Å². The van der Waals surface area contributed by atoms with E-state index in [1.165, 1.54) is 0 Å². The van der Waals surface area contributed by atoms with Crippen LogP contribution in [0.2, 0.25) is 20.1 Å². The van der Waals surface area contributed by atoms with E-state index in [2.05, 4.69) is 0 Å². The molecule has 0 radical (unpaired) electrons. The molecule has 0 fully saturated rings. The lowest BCUT2D eigenvalue weighted by Crippen LogP contribution is -2.15. The van der Waals surface area contributed by atoms with Crippen LogP contribution in [-0.2, 0) is 22.7 Å². The maximum atomic E-state index is 12.2. The third-order valence-electron chi connectivity index (χ3n) is 4.28. The Kier molecular flexibility index (Phi) is 7.87. The van der Waals surface area contributed by atoms with Crippen LogP contribution in [-0.4, -0.2) is 11.1 Å². The second kappa shape index (κ2) is 10.4. The lowest BCUT2D eigenvalue weighted by Gasteiger charge is -2.13. The minimum atomic E-state index is -1.46. The van der Waals surface area contributed by atoms with Gasteiger partial charge >= 0.3 is 5.97 Å². The minimum Gasteiger partial charge on any atom is -0.489 e. The molecular weight excluding hydrogens is 470 g/mol. The van der Waals surface area contributed by atoms with Crippen molar-refractivity contribution in [2.45, 2.75) is 19.3 Å². The molecule has 0 saturated carbocycles. The molecule has 3 aromatic rings. The lowest BCUT2D eigenvalue weighted by molar-refractivity contribution is -0.155. The topological polar surface area (TPSA) is 55.8 Å². The summed E-state index contributed by atoms with van der Waals surface area (Å²) in [5, 5.41) is 12.0. The number of aliphatic hydroxyl groups excluding tert-OH is 1.